The number of nitrogens with zero attached hydrogens (tertiary/aromatic N) is 2. The summed E-state index contributed by atoms with van der Waals surface area (Å²) in [6.07, 6.45) is 3.45. The fourth-order valence-corrected chi connectivity index (χ4v) is 1.27. The van der Waals surface area contributed by atoms with Gasteiger partial charge < -0.3 is 5.73 Å². The highest BCUT2D eigenvalue weighted by molar-refractivity contribution is 5.91. The topological polar surface area (TPSA) is 51.8 Å². The molecule has 3 nitrogen and oxygen atoms in total. The maximum absolute atomic E-state index is 5.69. The summed E-state index contributed by atoms with van der Waals surface area (Å²) in [6.45, 7) is 1.96. The minimum Gasteiger partial charge on any atom is -0.383 e. The molecule has 3 heteroatoms. The number of rotatable bonds is 0. The molecule has 12 heavy (non-hydrogen) atoms. The fraction of sp³-hybridized carbons (Fsp3) is 0.111. The maximum Gasteiger partial charge on any atom is 0.131 e. The van der Waals surface area contributed by atoms with Crippen LogP contribution in [0.1, 0.15) is 5.69 Å². The number of aromatic nitrogens is 2. The van der Waals surface area contributed by atoms with Gasteiger partial charge in [-0.15, -0.1) is 0 Å². The highest BCUT2D eigenvalue weighted by atomic mass is 14.8. The normalized spacial score (nSPS) is 10.4. The lowest BCUT2D eigenvalue weighted by atomic mass is 10.1. The van der Waals surface area contributed by atoms with Crippen molar-refractivity contribution in [2.24, 2.45) is 0 Å². The van der Waals surface area contributed by atoms with E-state index in [2.05, 4.69) is 9.97 Å². The maximum atomic E-state index is 5.69. The predicted octanol–water partition coefficient (Wildman–Crippen LogP) is 1.52. The smallest absolute Gasteiger partial charge is 0.131 e. The van der Waals surface area contributed by atoms with Crippen molar-refractivity contribution in [3.8, 4) is 0 Å². The van der Waals surface area contributed by atoms with E-state index in [0.717, 1.165) is 16.5 Å². The van der Waals surface area contributed by atoms with Crippen molar-refractivity contribution in [1.29, 1.82) is 0 Å². The lowest BCUT2D eigenvalue weighted by molar-refractivity contribution is 1.23. The van der Waals surface area contributed by atoms with E-state index in [4.69, 9.17) is 5.73 Å². The molecule has 0 atom stereocenters. The van der Waals surface area contributed by atoms with Gasteiger partial charge in [-0.05, 0) is 19.1 Å². The molecule has 2 heterocycles. The first-order chi connectivity index (χ1) is 5.79. The van der Waals surface area contributed by atoms with Crippen LogP contribution in [0, 0.1) is 6.92 Å². The Morgan fingerprint density at radius 3 is 2.50 bits per heavy atom. The Labute approximate surface area is 70.3 Å². The highest BCUT2D eigenvalue weighted by Gasteiger charge is 1.99. The van der Waals surface area contributed by atoms with Gasteiger partial charge in [-0.25, -0.2) is 4.98 Å². The van der Waals surface area contributed by atoms with Gasteiger partial charge in [0.2, 0.25) is 0 Å². The monoisotopic (exact) mass is 159 g/mol. The molecule has 0 aliphatic heterocycles. The molecule has 2 aromatic heterocycles. The Hall–Kier alpha value is -1.64. The van der Waals surface area contributed by atoms with E-state index in [0.29, 0.717) is 5.82 Å². The first-order valence-electron chi connectivity index (χ1n) is 3.75. The van der Waals surface area contributed by atoms with E-state index in [-0.39, 0.29) is 0 Å². The minimum atomic E-state index is 0.568. The fourth-order valence-electron chi connectivity index (χ4n) is 1.27. The molecule has 0 aromatic carbocycles. The van der Waals surface area contributed by atoms with Crippen molar-refractivity contribution in [2.45, 2.75) is 6.92 Å². The summed E-state index contributed by atoms with van der Waals surface area (Å²) in [6, 6.07) is 3.80. The summed E-state index contributed by atoms with van der Waals surface area (Å²) in [5, 5.41) is 2.05. The molecule has 0 spiro atoms. The Kier molecular flexibility index (Phi) is 1.43. The Bertz CT molecular complexity index is 382. The quantitative estimate of drug-likeness (QED) is 0.634. The van der Waals surface area contributed by atoms with Gasteiger partial charge in [-0.3, -0.25) is 4.98 Å². The van der Waals surface area contributed by atoms with Crippen molar-refractivity contribution < 1.29 is 0 Å². The van der Waals surface area contributed by atoms with Crippen LogP contribution in [0.3, 0.4) is 0 Å². The molecule has 60 valence electrons. The number of aryl methyl sites for hydroxylation is 1. The van der Waals surface area contributed by atoms with Crippen LogP contribution in [-0.2, 0) is 0 Å². The van der Waals surface area contributed by atoms with Crippen LogP contribution in [0.15, 0.2) is 24.5 Å². The van der Waals surface area contributed by atoms with Gasteiger partial charge in [0.1, 0.15) is 5.82 Å². The number of hydrogen-bond acceptors (Lipinski definition) is 3. The summed E-state index contributed by atoms with van der Waals surface area (Å²) in [4.78, 5) is 8.16. The van der Waals surface area contributed by atoms with E-state index in [1.165, 1.54) is 0 Å². The van der Waals surface area contributed by atoms with Gasteiger partial charge in [0, 0.05) is 28.9 Å². The lowest BCUT2D eigenvalue weighted by Crippen LogP contribution is -1.92. The Morgan fingerprint density at radius 2 is 1.75 bits per heavy atom. The van der Waals surface area contributed by atoms with Gasteiger partial charge >= 0.3 is 0 Å². The van der Waals surface area contributed by atoms with E-state index in [9.17, 15) is 0 Å². The number of anilines is 1. The van der Waals surface area contributed by atoms with Crippen LogP contribution < -0.4 is 5.73 Å². The summed E-state index contributed by atoms with van der Waals surface area (Å²) in [5.41, 5.74) is 6.67. The zero-order chi connectivity index (χ0) is 8.55. The second-order valence-corrected chi connectivity index (χ2v) is 2.69. The highest BCUT2D eigenvalue weighted by Crippen LogP contribution is 2.19. The second-order valence-electron chi connectivity index (χ2n) is 2.69. The van der Waals surface area contributed by atoms with Crippen LogP contribution in [0.5, 0.6) is 0 Å². The van der Waals surface area contributed by atoms with Gasteiger partial charge in [0.15, 0.2) is 0 Å². The third-order valence-electron chi connectivity index (χ3n) is 1.92. The molecule has 0 aliphatic carbocycles. The minimum absolute atomic E-state index is 0.568. The predicted molar refractivity (Wildman–Crippen MR) is 48.7 cm³/mol. The number of hydrogen-bond donors (Lipinski definition) is 1. The number of fused-ring (bicyclic) bond motifs is 1. The van der Waals surface area contributed by atoms with Gasteiger partial charge in [-0.2, -0.15) is 0 Å². The van der Waals surface area contributed by atoms with Gasteiger partial charge in [-0.1, -0.05) is 0 Å². The molecule has 2 rings (SSSR count). The van der Waals surface area contributed by atoms with Gasteiger partial charge in [0.25, 0.3) is 0 Å². The summed E-state index contributed by atoms with van der Waals surface area (Å²) < 4.78 is 0. The summed E-state index contributed by atoms with van der Waals surface area (Å²) in [7, 11) is 0. The first kappa shape index (κ1) is 7.03. The number of nitrogens with two attached hydrogens (primary N) is 1. The van der Waals surface area contributed by atoms with Crippen molar-refractivity contribution in [3.63, 3.8) is 0 Å². The summed E-state index contributed by atoms with van der Waals surface area (Å²) >= 11 is 0. The van der Waals surface area contributed by atoms with Crippen molar-refractivity contribution in [3.05, 3.63) is 30.2 Å². The van der Waals surface area contributed by atoms with E-state index >= 15 is 0 Å². The van der Waals surface area contributed by atoms with Crippen LogP contribution in [0.25, 0.3) is 10.8 Å². The third-order valence-corrected chi connectivity index (χ3v) is 1.92. The van der Waals surface area contributed by atoms with E-state index in [1.54, 1.807) is 12.4 Å². The average molecular weight is 159 g/mol. The zero-order valence-electron chi connectivity index (χ0n) is 6.78. The standard InChI is InChI=1S/C9H9N3/c1-6-7-2-5-12-9(10)8(7)3-4-11-6/h2-5H,1H3,(H2,10,12). The molecule has 0 radical (unpaired) electrons. The van der Waals surface area contributed by atoms with Crippen LogP contribution in [-0.4, -0.2) is 9.97 Å². The second kappa shape index (κ2) is 2.44. The molecule has 0 fully saturated rings. The number of pyridine rings is 2. The molecule has 0 amide bonds. The zero-order valence-corrected chi connectivity index (χ0v) is 6.78. The first-order valence-corrected chi connectivity index (χ1v) is 3.75. The molecular weight excluding hydrogens is 150 g/mol. The van der Waals surface area contributed by atoms with Crippen LogP contribution in [0.4, 0.5) is 5.82 Å². The lowest BCUT2D eigenvalue weighted by Gasteiger charge is -2.01. The molecule has 2 N–H and O–H groups in total. The third kappa shape index (κ3) is 0.906. The molecule has 0 saturated heterocycles. The van der Waals surface area contributed by atoms with E-state index < -0.39 is 0 Å². The van der Waals surface area contributed by atoms with E-state index in [1.807, 2.05) is 19.1 Å². The molecule has 0 aliphatic rings. The van der Waals surface area contributed by atoms with Crippen molar-refractivity contribution in [2.75, 3.05) is 5.73 Å². The molecular formula is C9H9N3. The molecule has 0 bridgehead atoms. The number of nitrogen functional groups attached to an aromatic ring is 1. The molecule has 0 unspecified atom stereocenters. The molecule has 2 aromatic rings. The van der Waals surface area contributed by atoms with Crippen LogP contribution >= 0.6 is 0 Å². The van der Waals surface area contributed by atoms with Gasteiger partial charge in [0.05, 0.1) is 0 Å². The Morgan fingerprint density at radius 1 is 1.08 bits per heavy atom. The Balaban J connectivity index is 2.94. The van der Waals surface area contributed by atoms with Crippen molar-refractivity contribution in [1.82, 2.24) is 9.97 Å². The average Bonchev–Trinajstić information content (AvgIpc) is 2.07. The van der Waals surface area contributed by atoms with Crippen molar-refractivity contribution >= 4 is 16.6 Å². The largest absolute Gasteiger partial charge is 0.383 e. The summed E-state index contributed by atoms with van der Waals surface area (Å²) in [5.74, 6) is 0.568. The van der Waals surface area contributed by atoms with Crippen LogP contribution in [0.2, 0.25) is 0 Å². The SMILES string of the molecule is Cc1nccc2c(N)nccc12. The molecule has 0 saturated carbocycles.